The molecule has 268 valence electrons. The first-order valence-corrected chi connectivity index (χ1v) is 17.7. The Balaban J connectivity index is 0.000000157. The van der Waals surface area contributed by atoms with Crippen LogP contribution in [-0.4, -0.2) is 64.2 Å². The molecule has 2 saturated carbocycles. The second-order valence-corrected chi connectivity index (χ2v) is 16.6. The van der Waals surface area contributed by atoms with E-state index in [4.69, 9.17) is 9.47 Å². The molecule has 2 aromatic carbocycles. The minimum absolute atomic E-state index is 0.0240. The highest BCUT2D eigenvalue weighted by Crippen LogP contribution is 2.55. The van der Waals surface area contributed by atoms with Gasteiger partial charge >= 0.3 is 0 Å². The lowest BCUT2D eigenvalue weighted by Gasteiger charge is -2.52. The maximum atomic E-state index is 13.1. The standard InChI is InChI=1S/2C20H25NO4/c2*1-19(2)12-9-10-20(3,24)17(22)14(12)15-16(25-19)11-7-5-6-8-13(11)21(4)18(15)23/h2*5-8,12,14,17,22,24H,9-10H2,1-4H3/t2*12-,14-,17+,20-/m00/s1. The summed E-state index contributed by atoms with van der Waals surface area (Å²) in [7, 11) is 3.49. The summed E-state index contributed by atoms with van der Waals surface area (Å²) < 4.78 is 15.9. The van der Waals surface area contributed by atoms with Crippen molar-refractivity contribution < 1.29 is 29.9 Å². The summed E-state index contributed by atoms with van der Waals surface area (Å²) in [6.07, 6.45) is 0.398. The third-order valence-corrected chi connectivity index (χ3v) is 12.5. The van der Waals surface area contributed by atoms with E-state index in [1.54, 1.807) is 37.1 Å². The average molecular weight is 687 g/mol. The van der Waals surface area contributed by atoms with Gasteiger partial charge in [-0.25, -0.2) is 0 Å². The molecule has 4 N–H and O–H groups in total. The van der Waals surface area contributed by atoms with Gasteiger partial charge in [-0.05, 0) is 91.5 Å². The van der Waals surface area contributed by atoms with Crippen molar-refractivity contribution in [2.24, 2.45) is 25.9 Å². The van der Waals surface area contributed by atoms with Gasteiger partial charge in [0.05, 0.1) is 45.6 Å². The van der Waals surface area contributed by atoms with Crippen molar-refractivity contribution in [2.75, 3.05) is 0 Å². The monoisotopic (exact) mass is 686 g/mol. The molecule has 4 aliphatic rings. The fourth-order valence-electron chi connectivity index (χ4n) is 9.51. The van der Waals surface area contributed by atoms with Crippen LogP contribution in [0.25, 0.3) is 21.8 Å². The molecule has 0 saturated heterocycles. The van der Waals surface area contributed by atoms with Gasteiger partial charge in [0.2, 0.25) is 0 Å². The number of aryl methyl sites for hydroxylation is 2. The Morgan fingerprint density at radius 1 is 0.620 bits per heavy atom. The molecule has 10 nitrogen and oxygen atoms in total. The Morgan fingerprint density at radius 3 is 1.32 bits per heavy atom. The third-order valence-electron chi connectivity index (χ3n) is 12.5. The van der Waals surface area contributed by atoms with Gasteiger partial charge < -0.3 is 39.0 Å². The number of ether oxygens (including phenoxy) is 2. The Bertz CT molecular complexity index is 1970. The summed E-state index contributed by atoms with van der Waals surface area (Å²) >= 11 is 0. The minimum Gasteiger partial charge on any atom is -0.486 e. The van der Waals surface area contributed by atoms with Crippen molar-refractivity contribution in [1.82, 2.24) is 9.13 Å². The molecule has 10 heteroatoms. The predicted molar refractivity (Wildman–Crippen MR) is 192 cm³/mol. The zero-order valence-corrected chi connectivity index (χ0v) is 30.2. The van der Waals surface area contributed by atoms with E-state index in [1.165, 1.54) is 0 Å². The van der Waals surface area contributed by atoms with Gasteiger partial charge in [-0.15, -0.1) is 0 Å². The molecule has 50 heavy (non-hydrogen) atoms. The number of aromatic nitrogens is 2. The summed E-state index contributed by atoms with van der Waals surface area (Å²) in [5.41, 5.74) is -1.17. The molecule has 2 fully saturated rings. The van der Waals surface area contributed by atoms with Crippen LogP contribution in [0.2, 0.25) is 0 Å². The predicted octanol–water partition coefficient (Wildman–Crippen LogP) is 4.63. The second kappa shape index (κ2) is 11.4. The lowest BCUT2D eigenvalue weighted by atomic mass is 9.61. The third kappa shape index (κ3) is 5.05. The highest BCUT2D eigenvalue weighted by Gasteiger charge is 2.57. The first-order valence-electron chi connectivity index (χ1n) is 17.7. The molecular weight excluding hydrogens is 636 g/mol. The van der Waals surface area contributed by atoms with E-state index in [-0.39, 0.29) is 23.0 Å². The molecule has 0 bridgehead atoms. The normalized spacial score (nSPS) is 33.4. The molecule has 8 atom stereocenters. The van der Waals surface area contributed by atoms with Crippen LogP contribution in [0.5, 0.6) is 11.5 Å². The smallest absolute Gasteiger partial charge is 0.258 e. The molecule has 4 aromatic rings. The number of benzene rings is 2. The Kier molecular flexibility index (Phi) is 7.92. The molecule has 0 spiro atoms. The van der Waals surface area contributed by atoms with Crippen LogP contribution in [0.15, 0.2) is 58.1 Å². The van der Waals surface area contributed by atoms with Crippen LogP contribution in [0, 0.1) is 11.8 Å². The molecule has 4 heterocycles. The van der Waals surface area contributed by atoms with E-state index in [0.29, 0.717) is 48.3 Å². The fraction of sp³-hybridized carbons (Fsp3) is 0.550. The first-order chi connectivity index (χ1) is 23.3. The van der Waals surface area contributed by atoms with E-state index in [0.717, 1.165) is 21.8 Å². The number of hydrogen-bond donors (Lipinski definition) is 4. The van der Waals surface area contributed by atoms with E-state index in [9.17, 15) is 30.0 Å². The summed E-state index contributed by atoms with van der Waals surface area (Å²) in [6.45, 7) is 11.3. The van der Waals surface area contributed by atoms with Gasteiger partial charge in [0.1, 0.15) is 22.7 Å². The number of para-hydroxylation sites is 2. The number of pyridine rings is 2. The van der Waals surface area contributed by atoms with Gasteiger partial charge in [-0.1, -0.05) is 24.3 Å². The summed E-state index contributed by atoms with van der Waals surface area (Å²) in [4.78, 5) is 26.3. The summed E-state index contributed by atoms with van der Waals surface area (Å²) in [6, 6.07) is 15.3. The van der Waals surface area contributed by atoms with E-state index in [2.05, 4.69) is 0 Å². The van der Waals surface area contributed by atoms with Gasteiger partial charge in [0.25, 0.3) is 11.1 Å². The van der Waals surface area contributed by atoms with Crippen molar-refractivity contribution in [3.05, 3.63) is 80.4 Å². The maximum absolute atomic E-state index is 13.1. The van der Waals surface area contributed by atoms with Crippen LogP contribution in [0.4, 0.5) is 0 Å². The number of aliphatic hydroxyl groups is 4. The fourth-order valence-corrected chi connectivity index (χ4v) is 9.51. The SMILES string of the molecule is Cn1c(=O)c2c(c3ccccc31)OC(C)(C)[C@H]1CC[C@](C)(O)[C@H](O)[C@H]21.Cn1c(=O)c2c(c3ccccc31)OC(C)(C)[C@H]1CC[C@](C)(O)[C@H](O)[C@H]21. The van der Waals surface area contributed by atoms with Gasteiger partial charge in [0.15, 0.2) is 0 Å². The van der Waals surface area contributed by atoms with Crippen molar-refractivity contribution in [2.45, 2.75) is 114 Å². The topological polar surface area (TPSA) is 143 Å². The van der Waals surface area contributed by atoms with Crippen LogP contribution < -0.4 is 20.6 Å². The molecule has 2 aliphatic heterocycles. The van der Waals surface area contributed by atoms with Crippen LogP contribution in [0.3, 0.4) is 0 Å². The molecule has 8 rings (SSSR count). The number of nitrogens with zero attached hydrogens (tertiary/aromatic N) is 2. The van der Waals surface area contributed by atoms with E-state index in [1.807, 2.05) is 76.2 Å². The lowest BCUT2D eigenvalue weighted by Crippen LogP contribution is -2.58. The molecule has 0 unspecified atom stereocenters. The number of aliphatic hydroxyl groups excluding tert-OH is 2. The molecule has 2 aromatic heterocycles. The lowest BCUT2D eigenvalue weighted by molar-refractivity contribution is -0.144. The zero-order chi connectivity index (χ0) is 36.3. The first kappa shape index (κ1) is 34.7. The van der Waals surface area contributed by atoms with Crippen LogP contribution in [0.1, 0.15) is 90.2 Å². The molecule has 0 amide bonds. The number of rotatable bonds is 0. The van der Waals surface area contributed by atoms with Crippen molar-refractivity contribution in [3.63, 3.8) is 0 Å². The summed E-state index contributed by atoms with van der Waals surface area (Å²) in [5, 5.41) is 44.9. The van der Waals surface area contributed by atoms with E-state index < -0.39 is 46.4 Å². The summed E-state index contributed by atoms with van der Waals surface area (Å²) in [5.74, 6) is 0.188. The highest BCUT2D eigenvalue weighted by molar-refractivity contribution is 5.88. The Labute approximate surface area is 291 Å². The highest BCUT2D eigenvalue weighted by atomic mass is 16.5. The average Bonchev–Trinajstić information content (AvgIpc) is 3.05. The second-order valence-electron chi connectivity index (χ2n) is 16.6. The Hall–Kier alpha value is -3.70. The van der Waals surface area contributed by atoms with Crippen molar-refractivity contribution >= 4 is 21.8 Å². The van der Waals surface area contributed by atoms with Gasteiger partial charge in [0, 0.05) is 48.5 Å². The van der Waals surface area contributed by atoms with Crippen molar-refractivity contribution in [3.8, 4) is 11.5 Å². The molecular formula is C40H50N2O8. The van der Waals surface area contributed by atoms with E-state index >= 15 is 0 Å². The quantitative estimate of drug-likeness (QED) is 0.210. The number of fused-ring (bicyclic) bond motifs is 10. The zero-order valence-electron chi connectivity index (χ0n) is 30.2. The number of hydrogen-bond acceptors (Lipinski definition) is 8. The van der Waals surface area contributed by atoms with Gasteiger partial charge in [-0.3, -0.25) is 9.59 Å². The largest absolute Gasteiger partial charge is 0.486 e. The maximum Gasteiger partial charge on any atom is 0.258 e. The van der Waals surface area contributed by atoms with Gasteiger partial charge in [-0.2, -0.15) is 0 Å². The van der Waals surface area contributed by atoms with Crippen LogP contribution >= 0.6 is 0 Å². The van der Waals surface area contributed by atoms with Crippen LogP contribution in [-0.2, 0) is 14.1 Å². The molecule has 2 aliphatic carbocycles. The Morgan fingerprint density at radius 2 is 0.960 bits per heavy atom. The minimum atomic E-state index is -1.21. The van der Waals surface area contributed by atoms with Crippen molar-refractivity contribution in [1.29, 1.82) is 0 Å². The molecule has 0 radical (unpaired) electrons.